The molecule has 274 valence electrons. The van der Waals surface area contributed by atoms with Crippen LogP contribution in [0.1, 0.15) is 43.5 Å². The molecule has 0 radical (unpaired) electrons. The van der Waals surface area contributed by atoms with Crippen LogP contribution in [-0.2, 0) is 25.7 Å². The molecule has 53 heavy (non-hydrogen) atoms. The third-order valence-corrected chi connectivity index (χ3v) is 9.68. The highest BCUT2D eigenvalue weighted by Gasteiger charge is 2.34. The van der Waals surface area contributed by atoms with Gasteiger partial charge >= 0.3 is 11.9 Å². The number of ether oxygens (including phenoxy) is 6. The first kappa shape index (κ1) is 37.2. The largest absolute Gasteiger partial charge is 0.493 e. The zero-order valence-electron chi connectivity index (χ0n) is 29.8. The van der Waals surface area contributed by atoms with E-state index < -0.39 is 18.0 Å². The molecule has 5 aromatic rings. The maximum absolute atomic E-state index is 14.3. The van der Waals surface area contributed by atoms with Crippen molar-refractivity contribution in [2.24, 2.45) is 4.99 Å². The molecule has 1 aliphatic rings. The summed E-state index contributed by atoms with van der Waals surface area (Å²) in [6.07, 6.45) is 1.70. The van der Waals surface area contributed by atoms with Crippen LogP contribution in [0.2, 0.25) is 5.02 Å². The molecule has 0 saturated carbocycles. The molecule has 1 aliphatic heterocycles. The molecule has 0 amide bonds. The van der Waals surface area contributed by atoms with Crippen LogP contribution < -0.4 is 33.8 Å². The van der Waals surface area contributed by atoms with E-state index in [4.69, 9.17) is 40.0 Å². The zero-order valence-corrected chi connectivity index (χ0v) is 31.3. The molecule has 0 aliphatic carbocycles. The van der Waals surface area contributed by atoms with Crippen molar-refractivity contribution in [3.63, 3.8) is 0 Å². The van der Waals surface area contributed by atoms with E-state index in [0.717, 1.165) is 16.3 Å². The van der Waals surface area contributed by atoms with Gasteiger partial charge in [0.1, 0.15) is 6.61 Å². The molecular formula is C40H37ClN2O9S. The van der Waals surface area contributed by atoms with Crippen molar-refractivity contribution in [1.29, 1.82) is 0 Å². The lowest BCUT2D eigenvalue weighted by atomic mass is 9.95. The van der Waals surface area contributed by atoms with Crippen molar-refractivity contribution in [2.45, 2.75) is 33.4 Å². The molecule has 0 saturated heterocycles. The van der Waals surface area contributed by atoms with E-state index >= 15 is 0 Å². The van der Waals surface area contributed by atoms with Gasteiger partial charge in [0.2, 0.25) is 0 Å². The Labute approximate surface area is 314 Å². The minimum atomic E-state index is -0.912. The van der Waals surface area contributed by atoms with Crippen molar-refractivity contribution < 1.29 is 38.0 Å². The number of halogens is 1. The van der Waals surface area contributed by atoms with Crippen LogP contribution in [0.25, 0.3) is 16.8 Å². The molecule has 13 heteroatoms. The first-order valence-electron chi connectivity index (χ1n) is 16.8. The Hall–Kier alpha value is -5.59. The van der Waals surface area contributed by atoms with E-state index in [9.17, 15) is 14.4 Å². The van der Waals surface area contributed by atoms with Gasteiger partial charge in [-0.25, -0.2) is 14.6 Å². The lowest BCUT2D eigenvalue weighted by molar-refractivity contribution is -0.143. The van der Waals surface area contributed by atoms with Gasteiger partial charge in [-0.2, -0.15) is 0 Å². The highest BCUT2D eigenvalue weighted by atomic mass is 35.5. The number of benzene rings is 4. The Morgan fingerprint density at radius 2 is 1.70 bits per heavy atom. The fraction of sp³-hybridized carbons (Fsp3) is 0.250. The van der Waals surface area contributed by atoms with E-state index in [0.29, 0.717) is 60.8 Å². The second-order valence-electron chi connectivity index (χ2n) is 11.8. The van der Waals surface area contributed by atoms with Gasteiger partial charge in [0.25, 0.3) is 5.56 Å². The van der Waals surface area contributed by atoms with Gasteiger partial charge in [-0.3, -0.25) is 9.36 Å². The Kier molecular flexibility index (Phi) is 11.5. The van der Waals surface area contributed by atoms with E-state index in [1.165, 1.54) is 30.1 Å². The third-order valence-electron chi connectivity index (χ3n) is 8.42. The predicted molar refractivity (Wildman–Crippen MR) is 202 cm³/mol. The van der Waals surface area contributed by atoms with Gasteiger partial charge in [0.15, 0.2) is 34.4 Å². The van der Waals surface area contributed by atoms with Crippen molar-refractivity contribution in [3.05, 3.63) is 125 Å². The van der Waals surface area contributed by atoms with Crippen LogP contribution in [-0.4, -0.2) is 50.5 Å². The Morgan fingerprint density at radius 3 is 2.43 bits per heavy atom. The fourth-order valence-corrected chi connectivity index (χ4v) is 7.30. The van der Waals surface area contributed by atoms with E-state index in [1.54, 1.807) is 57.2 Å². The number of carbonyl (C=O) groups is 2. The van der Waals surface area contributed by atoms with Gasteiger partial charge in [-0.1, -0.05) is 65.4 Å². The number of hydrogen-bond donors (Lipinski definition) is 0. The molecule has 11 nitrogen and oxygen atoms in total. The first-order chi connectivity index (χ1) is 25.6. The Balaban J connectivity index is 1.38. The highest BCUT2D eigenvalue weighted by molar-refractivity contribution is 7.07. The van der Waals surface area contributed by atoms with Crippen LogP contribution in [0.5, 0.6) is 23.0 Å². The van der Waals surface area contributed by atoms with Crippen LogP contribution in [0.4, 0.5) is 0 Å². The standard InChI is InChI=1S/C40H37ClN2O9S/c1-6-49-31-20-28(14-15-30(31)51-22-34(44)48-5)36-35(39(46)50-7-2)23(3)42-40-43(36)38(45)33(53-40)19-25-17-29(41)37(32(18-25)47-4)52-21-24-12-13-26-10-8-9-11-27(26)16-24/h8-20,36H,6-7,21-22H2,1-5H3/b33-19-/t36-/m1/s1. The smallest absolute Gasteiger partial charge is 0.343 e. The first-order valence-corrected chi connectivity index (χ1v) is 18.0. The van der Waals surface area contributed by atoms with Crippen LogP contribution >= 0.6 is 22.9 Å². The normalized spacial score (nSPS) is 14.0. The summed E-state index contributed by atoms with van der Waals surface area (Å²) in [7, 11) is 2.79. The van der Waals surface area contributed by atoms with E-state index in [-0.39, 0.29) is 31.0 Å². The minimum Gasteiger partial charge on any atom is -0.493 e. The molecule has 4 aromatic carbocycles. The lowest BCUT2D eigenvalue weighted by Crippen LogP contribution is -2.40. The quantitative estimate of drug-likeness (QED) is 0.130. The SMILES string of the molecule is CCOC(=O)C1=C(C)N=c2s/c(=C\c3cc(Cl)c(OCc4ccc5ccccc5c4)c(OC)c3)c(=O)n2[C@@H]1c1ccc(OCC(=O)OC)c(OCC)c1. The molecule has 2 heterocycles. The van der Waals surface area contributed by atoms with Gasteiger partial charge < -0.3 is 28.4 Å². The van der Waals surface area contributed by atoms with Crippen molar-refractivity contribution >= 4 is 51.7 Å². The maximum Gasteiger partial charge on any atom is 0.343 e. The molecule has 0 N–H and O–H groups in total. The van der Waals surface area contributed by atoms with Gasteiger partial charge in [-0.05, 0) is 84.6 Å². The van der Waals surface area contributed by atoms with Crippen LogP contribution in [0.15, 0.2) is 93.9 Å². The highest BCUT2D eigenvalue weighted by Crippen LogP contribution is 2.38. The summed E-state index contributed by atoms with van der Waals surface area (Å²) in [5.74, 6) is 0.218. The number of hydrogen-bond acceptors (Lipinski definition) is 11. The summed E-state index contributed by atoms with van der Waals surface area (Å²) in [5, 5.41) is 2.54. The van der Waals surface area contributed by atoms with Gasteiger partial charge in [0.05, 0.1) is 54.3 Å². The number of carbonyl (C=O) groups excluding carboxylic acids is 2. The monoisotopic (exact) mass is 756 g/mol. The van der Waals surface area contributed by atoms with Crippen molar-refractivity contribution in [2.75, 3.05) is 34.0 Å². The average molecular weight is 757 g/mol. The number of fused-ring (bicyclic) bond motifs is 2. The maximum atomic E-state index is 14.3. The number of esters is 2. The summed E-state index contributed by atoms with van der Waals surface area (Å²) in [6.45, 7) is 5.57. The summed E-state index contributed by atoms with van der Waals surface area (Å²) in [4.78, 5) is 44.5. The summed E-state index contributed by atoms with van der Waals surface area (Å²) < 4.78 is 35.3. The average Bonchev–Trinajstić information content (AvgIpc) is 3.46. The number of methoxy groups -OCH3 is 2. The van der Waals surface area contributed by atoms with E-state index in [1.807, 2.05) is 30.3 Å². The second-order valence-corrected chi connectivity index (χ2v) is 13.2. The number of nitrogens with zero attached hydrogens (tertiary/aromatic N) is 2. The summed E-state index contributed by atoms with van der Waals surface area (Å²) in [5.41, 5.74) is 2.33. The number of allylic oxidation sites excluding steroid dienone is 1. The Bertz CT molecular complexity index is 2420. The molecule has 0 bridgehead atoms. The summed E-state index contributed by atoms with van der Waals surface area (Å²) in [6, 6.07) is 21.7. The van der Waals surface area contributed by atoms with Crippen LogP contribution in [0.3, 0.4) is 0 Å². The Morgan fingerprint density at radius 1 is 0.906 bits per heavy atom. The number of thiazole rings is 1. The van der Waals surface area contributed by atoms with Crippen molar-refractivity contribution in [1.82, 2.24) is 4.57 Å². The fourth-order valence-electron chi connectivity index (χ4n) is 5.98. The molecule has 6 rings (SSSR count). The second kappa shape index (κ2) is 16.4. The van der Waals surface area contributed by atoms with Crippen LogP contribution in [0, 0.1) is 0 Å². The predicted octanol–water partition coefficient (Wildman–Crippen LogP) is 6.14. The lowest BCUT2D eigenvalue weighted by Gasteiger charge is -2.25. The number of rotatable bonds is 13. The topological polar surface area (TPSA) is 124 Å². The molecular weight excluding hydrogens is 720 g/mol. The molecule has 0 spiro atoms. The van der Waals surface area contributed by atoms with Gasteiger partial charge in [-0.15, -0.1) is 0 Å². The minimum absolute atomic E-state index is 0.127. The van der Waals surface area contributed by atoms with Gasteiger partial charge in [0, 0.05) is 0 Å². The molecule has 1 aromatic heterocycles. The zero-order chi connectivity index (χ0) is 37.6. The number of aromatic nitrogens is 1. The van der Waals surface area contributed by atoms with E-state index in [2.05, 4.69) is 17.1 Å². The molecule has 1 atom stereocenters. The molecule has 0 unspecified atom stereocenters. The molecule has 0 fully saturated rings. The summed E-state index contributed by atoms with van der Waals surface area (Å²) >= 11 is 7.93. The third kappa shape index (κ3) is 7.93. The van der Waals surface area contributed by atoms with Crippen molar-refractivity contribution in [3.8, 4) is 23.0 Å².